The Labute approximate surface area is 153 Å². The standard InChI is InChI=1S/C16H17IN2O3.ClH/c1-2-22-16(21)13-9-19(11-5-6-18-8-11)14-4-3-10(17)7-12(14)15(13)20;/h3-4,7,9,11,18H,2,5-6,8H2,1H3;1H/t11-;/m0./s1. The van der Waals surface area contributed by atoms with Crippen LogP contribution >= 0.6 is 35.0 Å². The lowest BCUT2D eigenvalue weighted by Crippen LogP contribution is -2.23. The number of ether oxygens (including phenoxy) is 1. The first-order valence-corrected chi connectivity index (χ1v) is 8.42. The van der Waals surface area contributed by atoms with E-state index in [0.29, 0.717) is 5.39 Å². The lowest BCUT2D eigenvalue weighted by Gasteiger charge is -2.18. The van der Waals surface area contributed by atoms with Crippen molar-refractivity contribution < 1.29 is 9.53 Å². The van der Waals surface area contributed by atoms with E-state index in [1.54, 1.807) is 13.1 Å². The number of nitrogens with zero attached hydrogens (tertiary/aromatic N) is 1. The molecule has 1 aliphatic rings. The van der Waals surface area contributed by atoms with Crippen LogP contribution in [-0.4, -0.2) is 30.2 Å². The summed E-state index contributed by atoms with van der Waals surface area (Å²) in [6, 6.07) is 6.01. The zero-order chi connectivity index (χ0) is 15.7. The summed E-state index contributed by atoms with van der Waals surface area (Å²) in [7, 11) is 0. The molecule has 0 spiro atoms. The molecular weight excluding hydrogens is 431 g/mol. The van der Waals surface area contributed by atoms with Crippen LogP contribution in [0, 0.1) is 3.57 Å². The first kappa shape index (κ1) is 18.2. The molecule has 1 atom stereocenters. The number of carbonyl (C=O) groups is 1. The molecule has 23 heavy (non-hydrogen) atoms. The predicted molar refractivity (Wildman–Crippen MR) is 101 cm³/mol. The van der Waals surface area contributed by atoms with Gasteiger partial charge in [0.05, 0.1) is 12.1 Å². The predicted octanol–water partition coefficient (Wildman–Crippen LogP) is 2.74. The summed E-state index contributed by atoms with van der Waals surface area (Å²) in [6.07, 6.45) is 2.64. The quantitative estimate of drug-likeness (QED) is 0.579. The van der Waals surface area contributed by atoms with Crippen molar-refractivity contribution in [2.75, 3.05) is 19.7 Å². The number of fused-ring (bicyclic) bond motifs is 1. The molecule has 0 aliphatic carbocycles. The topological polar surface area (TPSA) is 60.3 Å². The summed E-state index contributed by atoms with van der Waals surface area (Å²) in [6.45, 7) is 3.78. The van der Waals surface area contributed by atoms with Crippen LogP contribution in [0.4, 0.5) is 0 Å². The third kappa shape index (κ3) is 3.54. The number of hydrogen-bond donors (Lipinski definition) is 1. The maximum absolute atomic E-state index is 12.6. The van der Waals surface area contributed by atoms with Crippen LogP contribution in [0.3, 0.4) is 0 Å². The molecule has 0 amide bonds. The monoisotopic (exact) mass is 448 g/mol. The summed E-state index contributed by atoms with van der Waals surface area (Å²) in [5.74, 6) is -0.548. The van der Waals surface area contributed by atoms with E-state index in [1.807, 2.05) is 22.8 Å². The molecule has 0 bridgehead atoms. The first-order chi connectivity index (χ1) is 10.6. The summed E-state index contributed by atoms with van der Waals surface area (Å²) >= 11 is 2.17. The van der Waals surface area contributed by atoms with Crippen LogP contribution in [-0.2, 0) is 4.74 Å². The highest BCUT2D eigenvalue weighted by Gasteiger charge is 2.22. The molecule has 124 valence electrons. The van der Waals surface area contributed by atoms with Crippen molar-refractivity contribution in [2.45, 2.75) is 19.4 Å². The van der Waals surface area contributed by atoms with Gasteiger partial charge in [0.15, 0.2) is 0 Å². The fraction of sp³-hybridized carbons (Fsp3) is 0.375. The first-order valence-electron chi connectivity index (χ1n) is 7.34. The molecule has 5 nitrogen and oxygen atoms in total. The number of aromatic nitrogens is 1. The van der Waals surface area contributed by atoms with Crippen LogP contribution in [0.5, 0.6) is 0 Å². The average Bonchev–Trinajstić information content (AvgIpc) is 3.02. The van der Waals surface area contributed by atoms with E-state index in [0.717, 1.165) is 28.6 Å². The van der Waals surface area contributed by atoms with Crippen molar-refractivity contribution >= 4 is 51.9 Å². The molecule has 1 N–H and O–H groups in total. The molecule has 1 aromatic heterocycles. The van der Waals surface area contributed by atoms with Gasteiger partial charge in [-0.25, -0.2) is 4.79 Å². The maximum atomic E-state index is 12.6. The van der Waals surface area contributed by atoms with Gasteiger partial charge in [0.2, 0.25) is 5.43 Å². The Balaban J connectivity index is 0.00000192. The third-order valence-electron chi connectivity index (χ3n) is 3.92. The van der Waals surface area contributed by atoms with E-state index >= 15 is 0 Å². The van der Waals surface area contributed by atoms with Gasteiger partial charge >= 0.3 is 5.97 Å². The number of hydrogen-bond acceptors (Lipinski definition) is 4. The van der Waals surface area contributed by atoms with Crippen molar-refractivity contribution in [3.63, 3.8) is 0 Å². The number of benzene rings is 1. The van der Waals surface area contributed by atoms with Crippen molar-refractivity contribution in [3.05, 3.63) is 43.8 Å². The summed E-state index contributed by atoms with van der Waals surface area (Å²) in [5, 5.41) is 3.89. The molecule has 1 fully saturated rings. The second-order valence-corrected chi connectivity index (χ2v) is 6.55. The molecule has 1 aliphatic heterocycles. The van der Waals surface area contributed by atoms with E-state index in [1.165, 1.54) is 0 Å². The van der Waals surface area contributed by atoms with Crippen molar-refractivity contribution in [1.29, 1.82) is 0 Å². The number of esters is 1. The normalized spacial score (nSPS) is 17.0. The summed E-state index contributed by atoms with van der Waals surface area (Å²) < 4.78 is 8.05. The molecule has 0 unspecified atom stereocenters. The Morgan fingerprint density at radius 2 is 2.26 bits per heavy atom. The van der Waals surface area contributed by atoms with Crippen LogP contribution in [0.1, 0.15) is 29.7 Å². The van der Waals surface area contributed by atoms with E-state index < -0.39 is 5.97 Å². The van der Waals surface area contributed by atoms with Gasteiger partial charge in [0, 0.05) is 27.7 Å². The lowest BCUT2D eigenvalue weighted by molar-refractivity contribution is 0.0524. The van der Waals surface area contributed by atoms with Gasteiger partial charge in [-0.2, -0.15) is 0 Å². The maximum Gasteiger partial charge on any atom is 0.343 e. The lowest BCUT2D eigenvalue weighted by atomic mass is 10.1. The van der Waals surface area contributed by atoms with Crippen molar-refractivity contribution in [1.82, 2.24) is 9.88 Å². The second kappa shape index (κ2) is 7.63. The van der Waals surface area contributed by atoms with Gasteiger partial charge in [0.25, 0.3) is 0 Å². The van der Waals surface area contributed by atoms with Crippen molar-refractivity contribution in [2.24, 2.45) is 0 Å². The largest absolute Gasteiger partial charge is 0.462 e. The number of pyridine rings is 1. The zero-order valence-electron chi connectivity index (χ0n) is 12.7. The minimum Gasteiger partial charge on any atom is -0.462 e. The zero-order valence-corrected chi connectivity index (χ0v) is 15.6. The van der Waals surface area contributed by atoms with Crippen LogP contribution in [0.2, 0.25) is 0 Å². The molecule has 3 rings (SSSR count). The molecule has 7 heteroatoms. The Hall–Kier alpha value is -1.12. The van der Waals surface area contributed by atoms with Gasteiger partial charge in [-0.1, -0.05) is 0 Å². The number of carbonyl (C=O) groups excluding carboxylic acids is 1. The van der Waals surface area contributed by atoms with Gasteiger partial charge in [0.1, 0.15) is 5.56 Å². The van der Waals surface area contributed by atoms with Crippen molar-refractivity contribution in [3.8, 4) is 0 Å². The molecule has 1 saturated heterocycles. The Bertz CT molecular complexity index is 785. The smallest absolute Gasteiger partial charge is 0.343 e. The number of nitrogens with one attached hydrogen (secondary N) is 1. The molecule has 2 aromatic rings. The summed E-state index contributed by atoms with van der Waals surface area (Å²) in [5.41, 5.74) is 0.726. The van der Waals surface area contributed by atoms with Crippen LogP contribution in [0.15, 0.2) is 29.2 Å². The van der Waals surface area contributed by atoms with E-state index in [9.17, 15) is 9.59 Å². The van der Waals surface area contributed by atoms with E-state index in [-0.39, 0.29) is 36.0 Å². The highest BCUT2D eigenvalue weighted by atomic mass is 127. The van der Waals surface area contributed by atoms with Crippen LogP contribution in [0.25, 0.3) is 10.9 Å². The molecule has 2 heterocycles. The van der Waals surface area contributed by atoms with Gasteiger partial charge in [-0.05, 0) is 60.7 Å². The molecule has 0 radical (unpaired) electrons. The minimum atomic E-state index is -0.548. The SMILES string of the molecule is CCOC(=O)c1cn([C@H]2CCNC2)c2ccc(I)cc2c1=O.Cl. The highest BCUT2D eigenvalue weighted by molar-refractivity contribution is 14.1. The van der Waals surface area contributed by atoms with Gasteiger partial charge in [-0.15, -0.1) is 12.4 Å². The molecular formula is C16H18ClIN2O3. The fourth-order valence-corrected chi connectivity index (χ4v) is 3.35. The van der Waals surface area contributed by atoms with Gasteiger partial charge < -0.3 is 14.6 Å². The Kier molecular flexibility index (Phi) is 6.05. The molecule has 1 aromatic carbocycles. The second-order valence-electron chi connectivity index (χ2n) is 5.31. The Morgan fingerprint density at radius 1 is 1.48 bits per heavy atom. The van der Waals surface area contributed by atoms with E-state index in [4.69, 9.17) is 4.74 Å². The van der Waals surface area contributed by atoms with E-state index in [2.05, 4.69) is 27.9 Å². The fourth-order valence-electron chi connectivity index (χ4n) is 2.86. The number of halogens is 2. The summed E-state index contributed by atoms with van der Waals surface area (Å²) in [4.78, 5) is 24.7. The van der Waals surface area contributed by atoms with Crippen LogP contribution < -0.4 is 10.7 Å². The third-order valence-corrected chi connectivity index (χ3v) is 4.59. The minimum absolute atomic E-state index is 0. The average molecular weight is 449 g/mol. The molecule has 0 saturated carbocycles. The Morgan fingerprint density at radius 3 is 2.91 bits per heavy atom. The van der Waals surface area contributed by atoms with Gasteiger partial charge in [-0.3, -0.25) is 4.79 Å². The number of rotatable bonds is 3. The highest BCUT2D eigenvalue weighted by Crippen LogP contribution is 2.23.